The van der Waals surface area contributed by atoms with Crippen LogP contribution in [0.25, 0.3) is 5.69 Å². The van der Waals surface area contributed by atoms with Gasteiger partial charge >= 0.3 is 0 Å². The highest BCUT2D eigenvalue weighted by atomic mass is 35.5. The number of quaternary nitrogens is 1. The Kier molecular flexibility index (Phi) is 5.02. The predicted molar refractivity (Wildman–Crippen MR) is 106 cm³/mol. The number of nitrogens with two attached hydrogens (primary N) is 1. The maximum absolute atomic E-state index is 11.2. The molecular weight excluding hydrogens is 390 g/mol. The van der Waals surface area contributed by atoms with Gasteiger partial charge in [0.05, 0.1) is 28.9 Å². The first kappa shape index (κ1) is 19.4. The molecule has 0 saturated heterocycles. The van der Waals surface area contributed by atoms with Gasteiger partial charge in [0.25, 0.3) is 5.69 Å². The molecule has 2 aliphatic rings. The van der Waals surface area contributed by atoms with Gasteiger partial charge < -0.3 is 23.0 Å². The molecule has 0 radical (unpaired) electrons. The Morgan fingerprint density at radius 2 is 2.03 bits per heavy atom. The van der Waals surface area contributed by atoms with E-state index >= 15 is 0 Å². The van der Waals surface area contributed by atoms with Crippen LogP contribution in [0.15, 0.2) is 48.5 Å². The monoisotopic (exact) mass is 411 g/mol. The summed E-state index contributed by atoms with van der Waals surface area (Å²) in [5, 5.41) is 21.9. The van der Waals surface area contributed by atoms with Crippen molar-refractivity contribution in [3.05, 3.63) is 75.6 Å². The standard InChI is InChI=1S/C21H21N5O2.ClH/c1-13-20-19(25(24-13)15-5-3-2-4-6-15)10-7-14-12-22-17-9-8-16(26(27)28)11-18(17)23-21(14)20;/h2-6,8-9,11,14,21-23H,7,10,12H2,1H3;1H. The summed E-state index contributed by atoms with van der Waals surface area (Å²) in [7, 11) is 0. The molecule has 0 amide bonds. The number of para-hydroxylation sites is 1. The Morgan fingerprint density at radius 3 is 2.79 bits per heavy atom. The van der Waals surface area contributed by atoms with Gasteiger partial charge in [-0.2, -0.15) is 5.10 Å². The summed E-state index contributed by atoms with van der Waals surface area (Å²) in [4.78, 5) is 10.9. The molecule has 2 aromatic carbocycles. The van der Waals surface area contributed by atoms with Crippen LogP contribution in [0, 0.1) is 23.0 Å². The summed E-state index contributed by atoms with van der Waals surface area (Å²) in [5.41, 5.74) is 6.57. The average Bonchev–Trinajstić information content (AvgIpc) is 2.93. The number of fused-ring (bicyclic) bond motifs is 4. The number of hydrogen-bond acceptors (Lipinski definition) is 4. The van der Waals surface area contributed by atoms with Crippen LogP contribution in [0.1, 0.15) is 29.4 Å². The van der Waals surface area contributed by atoms with E-state index in [2.05, 4.69) is 34.4 Å². The van der Waals surface area contributed by atoms with E-state index in [1.54, 1.807) is 12.1 Å². The number of hydrogen-bond donors (Lipinski definition) is 2. The largest absolute Gasteiger partial charge is 1.00 e. The second-order valence-electron chi connectivity index (χ2n) is 7.58. The van der Waals surface area contributed by atoms with E-state index in [4.69, 9.17) is 5.10 Å². The number of benzene rings is 2. The zero-order chi connectivity index (χ0) is 19.3. The lowest BCUT2D eigenvalue weighted by Crippen LogP contribution is -3.00. The molecule has 7 nitrogen and oxygen atoms in total. The Balaban J connectivity index is 0.00000205. The van der Waals surface area contributed by atoms with E-state index < -0.39 is 0 Å². The highest BCUT2D eigenvalue weighted by molar-refractivity contribution is 5.67. The summed E-state index contributed by atoms with van der Waals surface area (Å²) >= 11 is 0. The molecule has 2 heterocycles. The molecule has 3 N–H and O–H groups in total. The fraction of sp³-hybridized carbons (Fsp3) is 0.286. The highest BCUT2D eigenvalue weighted by Gasteiger charge is 2.38. The molecule has 3 aromatic rings. The molecular formula is C21H22ClN5O2. The molecule has 0 spiro atoms. The van der Waals surface area contributed by atoms with Gasteiger partial charge in [0.2, 0.25) is 0 Å². The molecule has 2 unspecified atom stereocenters. The number of nitro benzene ring substituents is 1. The molecule has 1 aliphatic heterocycles. The summed E-state index contributed by atoms with van der Waals surface area (Å²) in [6, 6.07) is 15.4. The van der Waals surface area contributed by atoms with Gasteiger partial charge in [0, 0.05) is 35.4 Å². The fourth-order valence-electron chi connectivity index (χ4n) is 4.59. The number of anilines is 1. The average molecular weight is 412 g/mol. The number of nitro groups is 1. The van der Waals surface area contributed by atoms with Gasteiger partial charge in [-0.3, -0.25) is 10.1 Å². The minimum atomic E-state index is -0.338. The third kappa shape index (κ3) is 3.26. The van der Waals surface area contributed by atoms with Gasteiger partial charge in [-0.15, -0.1) is 0 Å². The van der Waals surface area contributed by atoms with Gasteiger partial charge in [-0.25, -0.2) is 4.68 Å². The van der Waals surface area contributed by atoms with E-state index in [-0.39, 0.29) is 29.1 Å². The van der Waals surface area contributed by atoms with Crippen LogP contribution < -0.4 is 23.0 Å². The topological polar surface area (TPSA) is 89.6 Å². The smallest absolute Gasteiger partial charge is 0.271 e. The third-order valence-electron chi connectivity index (χ3n) is 5.94. The molecule has 5 rings (SSSR count). The van der Waals surface area contributed by atoms with Crippen LogP contribution in [0.3, 0.4) is 0 Å². The van der Waals surface area contributed by atoms with E-state index in [1.165, 1.54) is 11.3 Å². The first-order valence-electron chi connectivity index (χ1n) is 9.64. The lowest BCUT2D eigenvalue weighted by atomic mass is 9.81. The molecule has 2 atom stereocenters. The van der Waals surface area contributed by atoms with Crippen LogP contribution in [-0.4, -0.2) is 21.2 Å². The summed E-state index contributed by atoms with van der Waals surface area (Å²) in [6.07, 6.45) is 2.05. The van der Waals surface area contributed by atoms with Gasteiger partial charge in [0.15, 0.2) is 5.69 Å². The molecule has 1 aliphatic carbocycles. The second-order valence-corrected chi connectivity index (χ2v) is 7.58. The minimum absolute atomic E-state index is 0. The van der Waals surface area contributed by atoms with E-state index in [1.807, 2.05) is 24.3 Å². The number of aromatic nitrogens is 2. The van der Waals surface area contributed by atoms with Crippen LogP contribution >= 0.6 is 0 Å². The van der Waals surface area contributed by atoms with Crippen LogP contribution in [0.2, 0.25) is 0 Å². The van der Waals surface area contributed by atoms with Crippen molar-refractivity contribution < 1.29 is 22.6 Å². The normalized spacial score (nSPS) is 19.6. The maximum atomic E-state index is 11.2. The maximum Gasteiger partial charge on any atom is 0.271 e. The summed E-state index contributed by atoms with van der Waals surface area (Å²) in [5.74, 6) is 0.450. The molecule has 0 fully saturated rings. The molecule has 0 saturated carbocycles. The van der Waals surface area contributed by atoms with Gasteiger partial charge in [-0.1, -0.05) is 18.2 Å². The minimum Gasteiger partial charge on any atom is -1.00 e. The quantitative estimate of drug-likeness (QED) is 0.353. The highest BCUT2D eigenvalue weighted by Crippen LogP contribution is 2.41. The van der Waals surface area contributed by atoms with Crippen molar-refractivity contribution in [3.8, 4) is 5.69 Å². The number of nitrogens with one attached hydrogen (secondary N) is 1. The van der Waals surface area contributed by atoms with Crippen molar-refractivity contribution in [2.75, 3.05) is 11.9 Å². The van der Waals surface area contributed by atoms with E-state index in [9.17, 15) is 10.1 Å². The van der Waals surface area contributed by atoms with Crippen LogP contribution in [-0.2, 0) is 6.42 Å². The van der Waals surface area contributed by atoms with Gasteiger partial charge in [-0.05, 0) is 31.9 Å². The van der Waals surface area contributed by atoms with E-state index in [0.717, 1.165) is 42.1 Å². The lowest BCUT2D eigenvalue weighted by molar-refractivity contribution is -0.577. The van der Waals surface area contributed by atoms with Crippen molar-refractivity contribution >= 4 is 17.1 Å². The molecule has 0 bridgehead atoms. The van der Waals surface area contributed by atoms with Crippen molar-refractivity contribution in [2.45, 2.75) is 25.8 Å². The van der Waals surface area contributed by atoms with Gasteiger partial charge in [0.1, 0.15) is 5.69 Å². The SMILES string of the molecule is Cc1nn(-c2ccccc2)c2c1C1Nc3cc([N+](=O)[O-])ccc3[NH2+]CC1CC2.[Cl-]. The third-order valence-corrected chi connectivity index (χ3v) is 5.94. The van der Waals surface area contributed by atoms with Crippen molar-refractivity contribution in [3.63, 3.8) is 0 Å². The Labute approximate surface area is 174 Å². The summed E-state index contributed by atoms with van der Waals surface area (Å²) < 4.78 is 2.06. The number of non-ortho nitro benzene ring substituents is 1. The van der Waals surface area contributed by atoms with Crippen molar-refractivity contribution in [1.82, 2.24) is 9.78 Å². The molecule has 1 aromatic heterocycles. The number of halogens is 1. The molecule has 8 heteroatoms. The van der Waals surface area contributed by atoms with Crippen LogP contribution in [0.5, 0.6) is 0 Å². The first-order chi connectivity index (χ1) is 13.6. The van der Waals surface area contributed by atoms with Crippen molar-refractivity contribution in [2.24, 2.45) is 5.92 Å². The number of rotatable bonds is 2. The number of aryl methyl sites for hydroxylation is 1. The Bertz CT molecular complexity index is 1070. The first-order valence-corrected chi connectivity index (χ1v) is 9.64. The summed E-state index contributed by atoms with van der Waals surface area (Å²) in [6.45, 7) is 3.02. The zero-order valence-electron chi connectivity index (χ0n) is 16.0. The van der Waals surface area contributed by atoms with E-state index in [0.29, 0.717) is 5.92 Å². The fourth-order valence-corrected chi connectivity index (χ4v) is 4.59. The Hall–Kier alpha value is -2.90. The zero-order valence-corrected chi connectivity index (χ0v) is 16.8. The Morgan fingerprint density at radius 1 is 1.24 bits per heavy atom. The molecule has 150 valence electrons. The number of nitrogens with zero attached hydrogens (tertiary/aromatic N) is 3. The van der Waals surface area contributed by atoms with Crippen molar-refractivity contribution in [1.29, 1.82) is 0 Å². The molecule has 29 heavy (non-hydrogen) atoms. The van der Waals surface area contributed by atoms with Crippen LogP contribution in [0.4, 0.5) is 17.1 Å². The predicted octanol–water partition coefficient (Wildman–Crippen LogP) is 0.0170. The second kappa shape index (κ2) is 7.50. The lowest BCUT2D eigenvalue weighted by Gasteiger charge is -2.30.